The van der Waals surface area contributed by atoms with Gasteiger partial charge in [0.15, 0.2) is 3.79 Å². The van der Waals surface area contributed by atoms with E-state index in [-0.39, 0.29) is 10.8 Å². The third-order valence-corrected chi connectivity index (χ3v) is 6.23. The van der Waals surface area contributed by atoms with Crippen molar-refractivity contribution in [2.24, 2.45) is 11.8 Å². The van der Waals surface area contributed by atoms with E-state index in [1.165, 1.54) is 0 Å². The minimum atomic E-state index is -1.57. The molecule has 3 rings (SSSR count). The highest BCUT2D eigenvalue weighted by Crippen LogP contribution is 2.63. The van der Waals surface area contributed by atoms with Crippen molar-refractivity contribution >= 4 is 34.8 Å². The van der Waals surface area contributed by atoms with Gasteiger partial charge in [0.05, 0.1) is 24.7 Å². The van der Waals surface area contributed by atoms with Crippen LogP contribution in [-0.4, -0.2) is 51.5 Å². The van der Waals surface area contributed by atoms with Gasteiger partial charge in [-0.3, -0.25) is 15.0 Å². The van der Waals surface area contributed by atoms with Gasteiger partial charge in [-0.05, 0) is 18.8 Å². The van der Waals surface area contributed by atoms with Crippen molar-refractivity contribution in [3.63, 3.8) is 0 Å². The summed E-state index contributed by atoms with van der Waals surface area (Å²) in [6.07, 6.45) is 3.78. The third kappa shape index (κ3) is 2.45. The molecule has 0 spiro atoms. The Kier molecular flexibility index (Phi) is 4.34. The Balaban J connectivity index is 1.96. The lowest BCUT2D eigenvalue weighted by Gasteiger charge is -2.64. The number of nitrogens with zero attached hydrogens (tertiary/aromatic N) is 2. The maximum Gasteiger partial charge on any atom is 0.238 e. The minimum absolute atomic E-state index is 0.0900. The monoisotopic (exact) mass is 356 g/mol. The molecule has 0 amide bonds. The molecule has 1 heterocycles. The molecule has 120 valence electrons. The lowest BCUT2D eigenvalue weighted by atomic mass is 9.49. The summed E-state index contributed by atoms with van der Waals surface area (Å²) in [5.74, 6) is -0.409. The van der Waals surface area contributed by atoms with Gasteiger partial charge in [0.1, 0.15) is 0 Å². The number of alkyl halides is 3. The molecule has 0 unspecified atom stereocenters. The van der Waals surface area contributed by atoms with E-state index in [9.17, 15) is 10.1 Å². The first-order valence-corrected chi connectivity index (χ1v) is 8.55. The van der Waals surface area contributed by atoms with Gasteiger partial charge in [0.25, 0.3) is 0 Å². The van der Waals surface area contributed by atoms with Crippen molar-refractivity contribution in [3.05, 3.63) is 10.1 Å². The van der Waals surface area contributed by atoms with Crippen LogP contribution in [0.15, 0.2) is 0 Å². The maximum atomic E-state index is 11.7. The second kappa shape index (κ2) is 5.68. The van der Waals surface area contributed by atoms with E-state index < -0.39 is 21.3 Å². The summed E-state index contributed by atoms with van der Waals surface area (Å²) in [7, 11) is 0. The number of hydrogen-bond donors (Lipinski definition) is 0. The van der Waals surface area contributed by atoms with E-state index in [2.05, 4.69) is 4.90 Å². The highest BCUT2D eigenvalue weighted by atomic mass is 35.6. The normalized spacial score (nSPS) is 41.2. The Labute approximate surface area is 139 Å². The van der Waals surface area contributed by atoms with Crippen molar-refractivity contribution in [1.82, 2.24) is 4.90 Å². The standard InChI is InChI=1S/C13H19Cl3N2O3/c14-13(15,16)10-9-3-1-2-4-12(9,11(10)18(19)20)17-5-7-21-8-6-17/h9-11H,1-8H2/t9-,10-,11+,12+/m0/s1. The van der Waals surface area contributed by atoms with Gasteiger partial charge in [-0.15, -0.1) is 0 Å². The summed E-state index contributed by atoms with van der Waals surface area (Å²) < 4.78 is 3.82. The molecule has 0 bridgehead atoms. The Morgan fingerprint density at radius 3 is 2.48 bits per heavy atom. The van der Waals surface area contributed by atoms with E-state index in [1.54, 1.807) is 0 Å². The van der Waals surface area contributed by atoms with Crippen LogP contribution >= 0.6 is 34.8 Å². The summed E-state index contributed by atoms with van der Waals surface area (Å²) in [5, 5.41) is 11.7. The summed E-state index contributed by atoms with van der Waals surface area (Å²) in [6, 6.07) is -0.798. The van der Waals surface area contributed by atoms with E-state index in [4.69, 9.17) is 39.5 Å². The fourth-order valence-electron chi connectivity index (χ4n) is 4.76. The second-order valence-corrected chi connectivity index (χ2v) is 8.61. The van der Waals surface area contributed by atoms with Crippen molar-refractivity contribution in [3.8, 4) is 0 Å². The fraction of sp³-hybridized carbons (Fsp3) is 1.00. The number of ether oxygens (including phenoxy) is 1. The van der Waals surface area contributed by atoms with Crippen LogP contribution in [0.1, 0.15) is 25.7 Å². The molecule has 0 aromatic heterocycles. The molecule has 3 fully saturated rings. The zero-order chi connectivity index (χ0) is 15.3. The largest absolute Gasteiger partial charge is 0.379 e. The molecule has 2 aliphatic carbocycles. The first-order chi connectivity index (χ1) is 9.89. The van der Waals surface area contributed by atoms with Gasteiger partial charge < -0.3 is 4.74 Å². The fourth-order valence-corrected chi connectivity index (χ4v) is 5.57. The number of halogens is 3. The van der Waals surface area contributed by atoms with Crippen molar-refractivity contribution in [2.75, 3.05) is 26.3 Å². The number of nitro groups is 1. The van der Waals surface area contributed by atoms with Crippen LogP contribution in [0.25, 0.3) is 0 Å². The minimum Gasteiger partial charge on any atom is -0.379 e. The molecule has 21 heavy (non-hydrogen) atoms. The molecule has 0 aromatic carbocycles. The van der Waals surface area contributed by atoms with Crippen LogP contribution in [0.3, 0.4) is 0 Å². The molecule has 2 saturated carbocycles. The smallest absolute Gasteiger partial charge is 0.238 e. The van der Waals surface area contributed by atoms with Gasteiger partial charge in [-0.2, -0.15) is 0 Å². The highest BCUT2D eigenvalue weighted by Gasteiger charge is 2.75. The maximum absolute atomic E-state index is 11.7. The molecule has 3 aliphatic rings. The number of rotatable bonds is 2. The quantitative estimate of drug-likeness (QED) is 0.433. The zero-order valence-electron chi connectivity index (χ0n) is 11.6. The summed E-state index contributed by atoms with van der Waals surface area (Å²) in [4.78, 5) is 13.7. The molecule has 8 heteroatoms. The van der Waals surface area contributed by atoms with Gasteiger partial charge in [-0.25, -0.2) is 0 Å². The molecular weight excluding hydrogens is 339 g/mol. The van der Waals surface area contributed by atoms with Crippen LogP contribution in [0.2, 0.25) is 0 Å². The van der Waals surface area contributed by atoms with Gasteiger partial charge >= 0.3 is 0 Å². The summed E-state index contributed by atoms with van der Waals surface area (Å²) >= 11 is 18.2. The Morgan fingerprint density at radius 1 is 1.24 bits per heavy atom. The van der Waals surface area contributed by atoms with Crippen molar-refractivity contribution in [2.45, 2.75) is 41.1 Å². The van der Waals surface area contributed by atoms with Crippen LogP contribution in [-0.2, 0) is 4.74 Å². The number of fused-ring (bicyclic) bond motifs is 1. The van der Waals surface area contributed by atoms with E-state index in [1.807, 2.05) is 0 Å². The lowest BCUT2D eigenvalue weighted by molar-refractivity contribution is -0.581. The van der Waals surface area contributed by atoms with Crippen molar-refractivity contribution < 1.29 is 9.66 Å². The molecular formula is C13H19Cl3N2O3. The van der Waals surface area contributed by atoms with Crippen molar-refractivity contribution in [1.29, 1.82) is 0 Å². The SMILES string of the molecule is O=[N+]([O-])[C@@H]1[C@@H](C(Cl)(Cl)Cl)[C@@H]2CCCC[C@@]21N1CCOCC1. The van der Waals surface area contributed by atoms with Crippen LogP contribution in [0, 0.1) is 22.0 Å². The predicted octanol–water partition coefficient (Wildman–Crippen LogP) is 2.89. The molecule has 1 aliphatic heterocycles. The first-order valence-electron chi connectivity index (χ1n) is 7.42. The van der Waals surface area contributed by atoms with E-state index in [0.29, 0.717) is 13.2 Å². The highest BCUT2D eigenvalue weighted by molar-refractivity contribution is 6.67. The average molecular weight is 358 g/mol. The lowest BCUT2D eigenvalue weighted by Crippen LogP contribution is -2.80. The summed E-state index contributed by atoms with van der Waals surface area (Å²) in [5.41, 5.74) is -0.444. The predicted molar refractivity (Wildman–Crippen MR) is 81.6 cm³/mol. The summed E-state index contributed by atoms with van der Waals surface area (Å²) in [6.45, 7) is 2.70. The van der Waals surface area contributed by atoms with E-state index >= 15 is 0 Å². The molecule has 0 radical (unpaired) electrons. The number of hydrogen-bond acceptors (Lipinski definition) is 4. The molecule has 0 N–H and O–H groups in total. The second-order valence-electron chi connectivity index (χ2n) is 6.24. The van der Waals surface area contributed by atoms with Gasteiger partial charge in [-0.1, -0.05) is 47.6 Å². The molecule has 5 nitrogen and oxygen atoms in total. The van der Waals surface area contributed by atoms with Crippen LogP contribution in [0.4, 0.5) is 0 Å². The molecule has 1 saturated heterocycles. The topological polar surface area (TPSA) is 55.6 Å². The third-order valence-electron chi connectivity index (χ3n) is 5.48. The average Bonchev–Trinajstić information content (AvgIpc) is 2.39. The van der Waals surface area contributed by atoms with Gasteiger partial charge in [0, 0.05) is 18.0 Å². The molecule has 0 aromatic rings. The Morgan fingerprint density at radius 2 is 1.90 bits per heavy atom. The zero-order valence-corrected chi connectivity index (χ0v) is 13.9. The van der Waals surface area contributed by atoms with Crippen LogP contribution < -0.4 is 0 Å². The van der Waals surface area contributed by atoms with E-state index in [0.717, 1.165) is 38.8 Å². The first kappa shape index (κ1) is 16.1. The Hall–Kier alpha value is 0.190. The molecule has 4 atom stereocenters. The Bertz CT molecular complexity index is 425. The number of morpholine rings is 1. The van der Waals surface area contributed by atoms with Gasteiger partial charge in [0.2, 0.25) is 6.04 Å². The van der Waals surface area contributed by atoms with Crippen LogP contribution in [0.5, 0.6) is 0 Å².